The van der Waals surface area contributed by atoms with Gasteiger partial charge in [-0.25, -0.2) is 0 Å². The lowest BCUT2D eigenvalue weighted by Gasteiger charge is -2.09. The molecule has 0 heterocycles. The van der Waals surface area contributed by atoms with E-state index >= 15 is 0 Å². The van der Waals surface area contributed by atoms with E-state index in [0.717, 1.165) is 19.6 Å². The third kappa shape index (κ3) is 7.22. The lowest BCUT2D eigenvalue weighted by molar-refractivity contribution is 0.589. The zero-order chi connectivity index (χ0) is 13.9. The Balaban J connectivity index is 2.00. The van der Waals surface area contributed by atoms with E-state index < -0.39 is 0 Å². The molecule has 0 amide bonds. The van der Waals surface area contributed by atoms with Crippen LogP contribution < -0.4 is 10.6 Å². The molecule has 0 spiro atoms. The molecule has 0 saturated carbocycles. The largest absolute Gasteiger partial charge is 0.384 e. The average Bonchev–Trinajstić information content (AvgIpc) is 2.41. The first-order valence-corrected chi connectivity index (χ1v) is 7.76. The molecule has 2 heteroatoms. The van der Waals surface area contributed by atoms with Crippen LogP contribution in [0.3, 0.4) is 0 Å². The number of hydrogen-bond donors (Lipinski definition) is 2. The van der Waals surface area contributed by atoms with E-state index in [-0.39, 0.29) is 0 Å². The van der Waals surface area contributed by atoms with Gasteiger partial charge in [0, 0.05) is 18.8 Å². The third-order valence-electron chi connectivity index (χ3n) is 3.59. The van der Waals surface area contributed by atoms with Crippen LogP contribution in [-0.2, 0) is 0 Å². The zero-order valence-corrected chi connectivity index (χ0v) is 12.9. The van der Waals surface area contributed by atoms with E-state index in [0.29, 0.717) is 0 Å². The number of unbranched alkanes of at least 4 members (excludes halogenated alkanes) is 4. The Labute approximate surface area is 119 Å². The minimum atomic E-state index is 0.997. The minimum absolute atomic E-state index is 0.997. The van der Waals surface area contributed by atoms with Crippen molar-refractivity contribution in [1.29, 1.82) is 0 Å². The normalized spacial score (nSPS) is 10.7. The first-order valence-electron chi connectivity index (χ1n) is 7.76. The highest BCUT2D eigenvalue weighted by Crippen LogP contribution is 2.13. The molecule has 0 aromatic heterocycles. The van der Waals surface area contributed by atoms with Gasteiger partial charge in [-0.2, -0.15) is 0 Å². The van der Waals surface area contributed by atoms with Gasteiger partial charge in [0.25, 0.3) is 0 Å². The number of aryl methyl sites for hydroxylation is 2. The summed E-state index contributed by atoms with van der Waals surface area (Å²) in [6, 6.07) is 6.56. The number of anilines is 1. The molecule has 19 heavy (non-hydrogen) atoms. The number of benzene rings is 1. The maximum Gasteiger partial charge on any atom is 0.0343 e. The summed E-state index contributed by atoms with van der Waals surface area (Å²) in [7, 11) is 0. The molecule has 0 saturated heterocycles. The predicted octanol–water partition coefficient (Wildman–Crippen LogP) is 4.28. The van der Waals surface area contributed by atoms with Crippen molar-refractivity contribution in [2.45, 2.75) is 52.9 Å². The summed E-state index contributed by atoms with van der Waals surface area (Å²) in [6.07, 6.45) is 6.77. The standard InChI is InChI=1S/C17H30N2/c1-4-5-6-7-8-11-18-12-13-19-17-10-9-15(2)16(3)14-17/h9-10,14,18-19H,4-8,11-13H2,1-3H3. The molecule has 0 radical (unpaired) electrons. The summed E-state index contributed by atoms with van der Waals surface area (Å²) in [5, 5.41) is 6.96. The maximum atomic E-state index is 3.50. The van der Waals surface area contributed by atoms with Crippen LogP contribution in [0.25, 0.3) is 0 Å². The van der Waals surface area contributed by atoms with Crippen molar-refractivity contribution in [3.8, 4) is 0 Å². The van der Waals surface area contributed by atoms with Crippen molar-refractivity contribution in [3.63, 3.8) is 0 Å². The maximum absolute atomic E-state index is 3.50. The summed E-state index contributed by atoms with van der Waals surface area (Å²) in [5.74, 6) is 0. The second-order valence-electron chi connectivity index (χ2n) is 5.39. The third-order valence-corrected chi connectivity index (χ3v) is 3.59. The Kier molecular flexibility index (Phi) is 8.31. The molecule has 2 N–H and O–H groups in total. The number of rotatable bonds is 10. The van der Waals surface area contributed by atoms with Crippen LogP contribution in [0.5, 0.6) is 0 Å². The van der Waals surface area contributed by atoms with Gasteiger partial charge < -0.3 is 10.6 Å². The molecule has 2 nitrogen and oxygen atoms in total. The van der Waals surface area contributed by atoms with Crippen LogP contribution in [0.15, 0.2) is 18.2 Å². The molecule has 0 unspecified atom stereocenters. The Morgan fingerprint density at radius 1 is 0.842 bits per heavy atom. The zero-order valence-electron chi connectivity index (χ0n) is 12.9. The fourth-order valence-electron chi connectivity index (χ4n) is 2.13. The highest BCUT2D eigenvalue weighted by molar-refractivity contribution is 5.47. The molecule has 0 aliphatic rings. The Morgan fingerprint density at radius 2 is 1.63 bits per heavy atom. The quantitative estimate of drug-likeness (QED) is 0.615. The average molecular weight is 262 g/mol. The second-order valence-corrected chi connectivity index (χ2v) is 5.39. The highest BCUT2D eigenvalue weighted by atomic mass is 14.9. The molecule has 0 aliphatic carbocycles. The van der Waals surface area contributed by atoms with E-state index in [2.05, 4.69) is 49.6 Å². The van der Waals surface area contributed by atoms with Crippen molar-refractivity contribution in [3.05, 3.63) is 29.3 Å². The van der Waals surface area contributed by atoms with Gasteiger partial charge in [-0.1, -0.05) is 38.7 Å². The molecule has 0 bridgehead atoms. The van der Waals surface area contributed by atoms with Gasteiger partial charge in [0.1, 0.15) is 0 Å². The van der Waals surface area contributed by atoms with Crippen molar-refractivity contribution >= 4 is 5.69 Å². The summed E-state index contributed by atoms with van der Waals surface area (Å²) in [5.41, 5.74) is 3.94. The van der Waals surface area contributed by atoms with Crippen LogP contribution in [0.2, 0.25) is 0 Å². The fraction of sp³-hybridized carbons (Fsp3) is 0.647. The lowest BCUT2D eigenvalue weighted by Crippen LogP contribution is -2.23. The van der Waals surface area contributed by atoms with Gasteiger partial charge in [0.05, 0.1) is 0 Å². The van der Waals surface area contributed by atoms with Gasteiger partial charge in [0.2, 0.25) is 0 Å². The van der Waals surface area contributed by atoms with E-state index in [1.165, 1.54) is 48.9 Å². The highest BCUT2D eigenvalue weighted by Gasteiger charge is 1.95. The topological polar surface area (TPSA) is 24.1 Å². The van der Waals surface area contributed by atoms with Gasteiger partial charge in [-0.15, -0.1) is 0 Å². The number of nitrogens with one attached hydrogen (secondary N) is 2. The fourth-order valence-corrected chi connectivity index (χ4v) is 2.13. The molecular formula is C17H30N2. The smallest absolute Gasteiger partial charge is 0.0343 e. The van der Waals surface area contributed by atoms with Crippen LogP contribution >= 0.6 is 0 Å². The molecule has 108 valence electrons. The first kappa shape index (κ1) is 16.0. The molecule has 0 aliphatic heterocycles. The Hall–Kier alpha value is -1.02. The van der Waals surface area contributed by atoms with E-state index in [4.69, 9.17) is 0 Å². The van der Waals surface area contributed by atoms with E-state index in [1.54, 1.807) is 0 Å². The monoisotopic (exact) mass is 262 g/mol. The van der Waals surface area contributed by atoms with Gasteiger partial charge in [-0.05, 0) is 50.1 Å². The lowest BCUT2D eigenvalue weighted by atomic mass is 10.1. The molecule has 1 aromatic rings. The van der Waals surface area contributed by atoms with Gasteiger partial charge in [0.15, 0.2) is 0 Å². The SMILES string of the molecule is CCCCCCCNCCNc1ccc(C)c(C)c1. The minimum Gasteiger partial charge on any atom is -0.384 e. The second kappa shape index (κ2) is 9.85. The van der Waals surface area contributed by atoms with Crippen molar-refractivity contribution < 1.29 is 0 Å². The van der Waals surface area contributed by atoms with Crippen molar-refractivity contribution in [2.24, 2.45) is 0 Å². The van der Waals surface area contributed by atoms with E-state index in [9.17, 15) is 0 Å². The van der Waals surface area contributed by atoms with Gasteiger partial charge in [-0.3, -0.25) is 0 Å². The first-order chi connectivity index (χ1) is 9.24. The summed E-state index contributed by atoms with van der Waals surface area (Å²) in [6.45, 7) is 9.77. The van der Waals surface area contributed by atoms with Crippen LogP contribution in [-0.4, -0.2) is 19.6 Å². The van der Waals surface area contributed by atoms with Crippen molar-refractivity contribution in [2.75, 3.05) is 25.0 Å². The summed E-state index contributed by atoms with van der Waals surface area (Å²) in [4.78, 5) is 0. The molecule has 1 rings (SSSR count). The number of hydrogen-bond acceptors (Lipinski definition) is 2. The van der Waals surface area contributed by atoms with E-state index in [1.807, 2.05) is 0 Å². The van der Waals surface area contributed by atoms with Crippen molar-refractivity contribution in [1.82, 2.24) is 5.32 Å². The van der Waals surface area contributed by atoms with Crippen LogP contribution in [0.1, 0.15) is 50.2 Å². The van der Waals surface area contributed by atoms with Gasteiger partial charge >= 0.3 is 0 Å². The predicted molar refractivity (Wildman–Crippen MR) is 86.0 cm³/mol. The Morgan fingerprint density at radius 3 is 2.37 bits per heavy atom. The van der Waals surface area contributed by atoms with Crippen LogP contribution in [0.4, 0.5) is 5.69 Å². The molecular weight excluding hydrogens is 232 g/mol. The molecule has 1 aromatic carbocycles. The molecule has 0 atom stereocenters. The Bertz CT molecular complexity index is 347. The molecule has 0 fully saturated rings. The summed E-state index contributed by atoms with van der Waals surface area (Å²) >= 11 is 0. The van der Waals surface area contributed by atoms with Crippen LogP contribution in [0, 0.1) is 13.8 Å². The summed E-state index contributed by atoms with van der Waals surface area (Å²) < 4.78 is 0.